The lowest BCUT2D eigenvalue weighted by molar-refractivity contribution is 0.403. The highest BCUT2D eigenvalue weighted by atomic mass is 79.9. The van der Waals surface area contributed by atoms with E-state index in [0.717, 1.165) is 21.3 Å². The van der Waals surface area contributed by atoms with Gasteiger partial charge in [0.05, 0.1) is 0 Å². The molecule has 2 aromatic rings. The maximum absolute atomic E-state index is 9.39. The summed E-state index contributed by atoms with van der Waals surface area (Å²) in [7, 11) is 0. The first-order valence-electron chi connectivity index (χ1n) is 5.57. The Labute approximate surface area is 114 Å². The van der Waals surface area contributed by atoms with Crippen LogP contribution in [0.1, 0.15) is 11.1 Å². The van der Waals surface area contributed by atoms with Gasteiger partial charge >= 0.3 is 0 Å². The van der Waals surface area contributed by atoms with Crippen LogP contribution in [-0.2, 0) is 6.54 Å². The molecule has 0 bridgehead atoms. The molecule has 0 atom stereocenters. The summed E-state index contributed by atoms with van der Waals surface area (Å²) in [5.74, 6) is -0.195. The van der Waals surface area contributed by atoms with Gasteiger partial charge in [-0.25, -0.2) is 0 Å². The Morgan fingerprint density at radius 3 is 2.50 bits per heavy atom. The van der Waals surface area contributed by atoms with Crippen molar-refractivity contribution in [2.75, 3.05) is 5.32 Å². The average molecular weight is 308 g/mol. The Balaban J connectivity index is 2.06. The number of halogens is 1. The van der Waals surface area contributed by atoms with E-state index in [1.807, 2.05) is 25.1 Å². The van der Waals surface area contributed by atoms with E-state index in [1.54, 1.807) is 12.1 Å². The fourth-order valence-electron chi connectivity index (χ4n) is 1.64. The summed E-state index contributed by atoms with van der Waals surface area (Å²) in [6, 6.07) is 10.8. The number of hydrogen-bond donors (Lipinski definition) is 3. The SMILES string of the molecule is Cc1cc(NCc2ccc(O)c(O)c2)ccc1Br. The van der Waals surface area contributed by atoms with Crippen LogP contribution < -0.4 is 5.32 Å². The smallest absolute Gasteiger partial charge is 0.157 e. The second kappa shape index (κ2) is 5.31. The lowest BCUT2D eigenvalue weighted by Gasteiger charge is -2.09. The van der Waals surface area contributed by atoms with E-state index in [1.165, 1.54) is 6.07 Å². The summed E-state index contributed by atoms with van der Waals surface area (Å²) in [4.78, 5) is 0. The number of benzene rings is 2. The van der Waals surface area contributed by atoms with Crippen LogP contribution in [0.15, 0.2) is 40.9 Å². The second-order valence-corrected chi connectivity index (χ2v) is 4.99. The van der Waals surface area contributed by atoms with Crippen LogP contribution in [0.4, 0.5) is 5.69 Å². The molecule has 0 aromatic heterocycles. The molecule has 0 aliphatic rings. The Kier molecular flexibility index (Phi) is 3.77. The van der Waals surface area contributed by atoms with Gasteiger partial charge in [0.2, 0.25) is 0 Å². The highest BCUT2D eigenvalue weighted by Crippen LogP contribution is 2.25. The van der Waals surface area contributed by atoms with Crippen LogP contribution in [0.5, 0.6) is 11.5 Å². The number of rotatable bonds is 3. The third-order valence-corrected chi connectivity index (χ3v) is 3.58. The summed E-state index contributed by atoms with van der Waals surface area (Å²) in [5.41, 5.74) is 3.09. The minimum atomic E-state index is -0.0989. The fraction of sp³-hybridized carbons (Fsp3) is 0.143. The summed E-state index contributed by atoms with van der Waals surface area (Å²) in [5, 5.41) is 21.9. The van der Waals surface area contributed by atoms with Crippen molar-refractivity contribution >= 4 is 21.6 Å². The predicted molar refractivity (Wildman–Crippen MR) is 76.0 cm³/mol. The van der Waals surface area contributed by atoms with Crippen LogP contribution in [0.2, 0.25) is 0 Å². The minimum Gasteiger partial charge on any atom is -0.504 e. The van der Waals surface area contributed by atoms with E-state index in [9.17, 15) is 10.2 Å². The molecule has 0 fully saturated rings. The van der Waals surface area contributed by atoms with Gasteiger partial charge in [0, 0.05) is 16.7 Å². The number of aryl methyl sites for hydroxylation is 1. The van der Waals surface area contributed by atoms with Gasteiger partial charge in [-0.3, -0.25) is 0 Å². The Morgan fingerprint density at radius 2 is 1.83 bits per heavy atom. The lowest BCUT2D eigenvalue weighted by atomic mass is 10.2. The molecular weight excluding hydrogens is 294 g/mol. The summed E-state index contributed by atoms with van der Waals surface area (Å²) < 4.78 is 1.08. The summed E-state index contributed by atoms with van der Waals surface area (Å²) in [6.07, 6.45) is 0. The van der Waals surface area contributed by atoms with Crippen LogP contribution >= 0.6 is 15.9 Å². The van der Waals surface area contributed by atoms with Crippen molar-refractivity contribution < 1.29 is 10.2 Å². The standard InChI is InChI=1S/C14H14BrNO2/c1-9-6-11(3-4-12(9)15)16-8-10-2-5-13(17)14(18)7-10/h2-7,16-18H,8H2,1H3. The van der Waals surface area contributed by atoms with Crippen LogP contribution in [0.3, 0.4) is 0 Å². The summed E-state index contributed by atoms with van der Waals surface area (Å²) >= 11 is 3.45. The van der Waals surface area contributed by atoms with E-state index in [-0.39, 0.29) is 11.5 Å². The number of hydrogen-bond acceptors (Lipinski definition) is 3. The lowest BCUT2D eigenvalue weighted by Crippen LogP contribution is -1.99. The molecule has 2 rings (SSSR count). The van der Waals surface area contributed by atoms with Gasteiger partial charge in [-0.1, -0.05) is 22.0 Å². The largest absolute Gasteiger partial charge is 0.504 e. The number of nitrogens with one attached hydrogen (secondary N) is 1. The molecular formula is C14H14BrNO2. The topological polar surface area (TPSA) is 52.5 Å². The van der Waals surface area contributed by atoms with Gasteiger partial charge in [0.15, 0.2) is 11.5 Å². The van der Waals surface area contributed by atoms with E-state index in [0.29, 0.717) is 6.54 Å². The molecule has 0 aliphatic carbocycles. The number of phenolic OH excluding ortho intramolecular Hbond substituents is 2. The van der Waals surface area contributed by atoms with Crippen molar-refractivity contribution in [2.45, 2.75) is 13.5 Å². The maximum atomic E-state index is 9.39. The highest BCUT2D eigenvalue weighted by Gasteiger charge is 2.01. The van der Waals surface area contributed by atoms with Crippen molar-refractivity contribution in [3.8, 4) is 11.5 Å². The molecule has 0 amide bonds. The fourth-order valence-corrected chi connectivity index (χ4v) is 1.88. The molecule has 3 nitrogen and oxygen atoms in total. The number of aromatic hydroxyl groups is 2. The Morgan fingerprint density at radius 1 is 1.06 bits per heavy atom. The molecule has 0 heterocycles. The van der Waals surface area contributed by atoms with Crippen molar-refractivity contribution in [3.05, 3.63) is 52.0 Å². The molecule has 18 heavy (non-hydrogen) atoms. The molecule has 0 saturated carbocycles. The first kappa shape index (κ1) is 12.8. The molecule has 4 heteroatoms. The van der Waals surface area contributed by atoms with Crippen LogP contribution in [-0.4, -0.2) is 10.2 Å². The van der Waals surface area contributed by atoms with E-state index >= 15 is 0 Å². The van der Waals surface area contributed by atoms with Crippen molar-refractivity contribution in [2.24, 2.45) is 0 Å². The van der Waals surface area contributed by atoms with Gasteiger partial charge in [0.25, 0.3) is 0 Å². The molecule has 0 radical (unpaired) electrons. The van der Waals surface area contributed by atoms with Crippen LogP contribution in [0.25, 0.3) is 0 Å². The van der Waals surface area contributed by atoms with E-state index in [4.69, 9.17) is 0 Å². The summed E-state index contributed by atoms with van der Waals surface area (Å²) in [6.45, 7) is 2.62. The zero-order valence-electron chi connectivity index (χ0n) is 9.94. The van der Waals surface area contributed by atoms with Crippen molar-refractivity contribution in [1.82, 2.24) is 0 Å². The normalized spacial score (nSPS) is 10.3. The van der Waals surface area contributed by atoms with Crippen molar-refractivity contribution in [1.29, 1.82) is 0 Å². The zero-order valence-corrected chi connectivity index (χ0v) is 11.5. The maximum Gasteiger partial charge on any atom is 0.157 e. The molecule has 0 saturated heterocycles. The predicted octanol–water partition coefficient (Wildman–Crippen LogP) is 3.78. The average Bonchev–Trinajstić information content (AvgIpc) is 2.35. The third kappa shape index (κ3) is 2.96. The number of anilines is 1. The first-order valence-corrected chi connectivity index (χ1v) is 6.36. The highest BCUT2D eigenvalue weighted by molar-refractivity contribution is 9.10. The quantitative estimate of drug-likeness (QED) is 0.756. The van der Waals surface area contributed by atoms with Gasteiger partial charge in [-0.2, -0.15) is 0 Å². The van der Waals surface area contributed by atoms with Crippen molar-refractivity contribution in [3.63, 3.8) is 0 Å². The molecule has 2 aromatic carbocycles. The Hall–Kier alpha value is -1.68. The van der Waals surface area contributed by atoms with Gasteiger partial charge in [0.1, 0.15) is 0 Å². The molecule has 0 unspecified atom stereocenters. The van der Waals surface area contributed by atoms with Crippen LogP contribution in [0, 0.1) is 6.92 Å². The molecule has 0 aliphatic heterocycles. The molecule has 3 N–H and O–H groups in total. The monoisotopic (exact) mass is 307 g/mol. The zero-order chi connectivity index (χ0) is 13.1. The first-order chi connectivity index (χ1) is 8.56. The number of phenols is 2. The Bertz CT molecular complexity index is 518. The molecule has 0 spiro atoms. The minimum absolute atomic E-state index is 0.0960. The van der Waals surface area contributed by atoms with Gasteiger partial charge < -0.3 is 15.5 Å². The third-order valence-electron chi connectivity index (χ3n) is 2.69. The van der Waals surface area contributed by atoms with Gasteiger partial charge in [-0.05, 0) is 48.4 Å². The van der Waals surface area contributed by atoms with E-state index < -0.39 is 0 Å². The second-order valence-electron chi connectivity index (χ2n) is 4.14. The molecule has 94 valence electrons. The van der Waals surface area contributed by atoms with E-state index in [2.05, 4.69) is 21.2 Å². The van der Waals surface area contributed by atoms with Gasteiger partial charge in [-0.15, -0.1) is 0 Å².